The molecule has 0 fully saturated rings. The van der Waals surface area contributed by atoms with E-state index in [4.69, 9.17) is 5.73 Å². The monoisotopic (exact) mass is 291 g/mol. The van der Waals surface area contributed by atoms with Crippen LogP contribution < -0.4 is 5.73 Å². The van der Waals surface area contributed by atoms with Crippen LogP contribution in [-0.4, -0.2) is 49.4 Å². The average molecular weight is 291 g/mol. The summed E-state index contributed by atoms with van der Waals surface area (Å²) >= 11 is 0. The van der Waals surface area contributed by atoms with E-state index in [1.54, 1.807) is 0 Å². The van der Waals surface area contributed by atoms with Crippen molar-refractivity contribution in [3.8, 4) is 0 Å². The van der Waals surface area contributed by atoms with Gasteiger partial charge in [-0.2, -0.15) is 0 Å². The van der Waals surface area contributed by atoms with Crippen molar-refractivity contribution in [1.82, 2.24) is 9.80 Å². The van der Waals surface area contributed by atoms with Gasteiger partial charge in [0.25, 0.3) is 0 Å². The molecule has 0 aromatic heterocycles. The maximum absolute atomic E-state index is 12.5. The molecule has 0 atom stereocenters. The first-order chi connectivity index (χ1) is 9.92. The van der Waals surface area contributed by atoms with Crippen LogP contribution >= 0.6 is 0 Å². The highest BCUT2D eigenvalue weighted by molar-refractivity contribution is 5.78. The molecule has 0 aliphatic rings. The van der Waals surface area contributed by atoms with E-state index in [-0.39, 0.29) is 5.91 Å². The summed E-state index contributed by atoms with van der Waals surface area (Å²) in [6.07, 6.45) is 0.463. The number of hydrogen-bond acceptors (Lipinski definition) is 3. The number of carbonyl (C=O) groups is 1. The number of rotatable bonds is 8. The zero-order chi connectivity index (χ0) is 15.8. The SMILES string of the molecule is CC(C)CN(CCN(C)C)C(=O)Cc1ccc(CN)cc1. The van der Waals surface area contributed by atoms with Gasteiger partial charge >= 0.3 is 0 Å². The molecule has 0 spiro atoms. The van der Waals surface area contributed by atoms with Gasteiger partial charge < -0.3 is 15.5 Å². The molecule has 1 rings (SSSR count). The van der Waals surface area contributed by atoms with Gasteiger partial charge in [0.1, 0.15) is 0 Å². The highest BCUT2D eigenvalue weighted by atomic mass is 16.2. The maximum Gasteiger partial charge on any atom is 0.227 e. The van der Waals surface area contributed by atoms with E-state index in [2.05, 4.69) is 18.7 Å². The molecule has 21 heavy (non-hydrogen) atoms. The van der Waals surface area contributed by atoms with Crippen molar-refractivity contribution in [1.29, 1.82) is 0 Å². The van der Waals surface area contributed by atoms with Crippen LogP contribution in [0.25, 0.3) is 0 Å². The molecule has 0 aliphatic carbocycles. The van der Waals surface area contributed by atoms with Crippen LogP contribution in [0.2, 0.25) is 0 Å². The Kier molecular flexibility index (Phi) is 7.40. The fourth-order valence-corrected chi connectivity index (χ4v) is 2.16. The highest BCUT2D eigenvalue weighted by Crippen LogP contribution is 2.08. The van der Waals surface area contributed by atoms with Crippen LogP contribution in [-0.2, 0) is 17.8 Å². The molecule has 0 unspecified atom stereocenters. The molecule has 4 nitrogen and oxygen atoms in total. The fraction of sp³-hybridized carbons (Fsp3) is 0.588. The Balaban J connectivity index is 2.65. The van der Waals surface area contributed by atoms with E-state index >= 15 is 0 Å². The summed E-state index contributed by atoms with van der Waals surface area (Å²) < 4.78 is 0. The standard InChI is InChI=1S/C17H29N3O/c1-14(2)13-20(10-9-19(3)4)17(21)11-15-5-7-16(12-18)8-6-15/h5-8,14H,9-13,18H2,1-4H3. The summed E-state index contributed by atoms with van der Waals surface area (Å²) in [6.45, 7) is 7.32. The zero-order valence-electron chi connectivity index (χ0n) is 13.8. The van der Waals surface area contributed by atoms with E-state index < -0.39 is 0 Å². The Morgan fingerprint density at radius 2 is 1.67 bits per heavy atom. The number of nitrogens with two attached hydrogens (primary N) is 1. The second-order valence-corrected chi connectivity index (χ2v) is 6.23. The number of benzene rings is 1. The molecule has 1 aromatic carbocycles. The molecular weight excluding hydrogens is 262 g/mol. The molecule has 0 bridgehead atoms. The summed E-state index contributed by atoms with van der Waals surface area (Å²) in [7, 11) is 4.06. The second-order valence-electron chi connectivity index (χ2n) is 6.23. The topological polar surface area (TPSA) is 49.6 Å². The molecule has 1 amide bonds. The zero-order valence-corrected chi connectivity index (χ0v) is 13.8. The van der Waals surface area contributed by atoms with Gasteiger partial charge in [0.15, 0.2) is 0 Å². The molecule has 0 saturated carbocycles. The van der Waals surface area contributed by atoms with Gasteiger partial charge in [0, 0.05) is 26.2 Å². The molecule has 2 N–H and O–H groups in total. The van der Waals surface area contributed by atoms with Gasteiger partial charge in [-0.3, -0.25) is 4.79 Å². The van der Waals surface area contributed by atoms with E-state index in [1.807, 2.05) is 43.3 Å². The predicted molar refractivity (Wildman–Crippen MR) is 88.0 cm³/mol. The van der Waals surface area contributed by atoms with E-state index in [9.17, 15) is 4.79 Å². The Labute approximate surface area is 128 Å². The van der Waals surface area contributed by atoms with Gasteiger partial charge in [-0.05, 0) is 31.1 Å². The number of likely N-dealkylation sites (N-methyl/N-ethyl adjacent to an activating group) is 1. The third kappa shape index (κ3) is 6.74. The fourth-order valence-electron chi connectivity index (χ4n) is 2.16. The smallest absolute Gasteiger partial charge is 0.227 e. The van der Waals surface area contributed by atoms with Crippen LogP contribution in [0.4, 0.5) is 0 Å². The van der Waals surface area contributed by atoms with Crippen LogP contribution in [0.3, 0.4) is 0 Å². The lowest BCUT2D eigenvalue weighted by atomic mass is 10.1. The number of hydrogen-bond donors (Lipinski definition) is 1. The highest BCUT2D eigenvalue weighted by Gasteiger charge is 2.15. The second kappa shape index (κ2) is 8.80. The van der Waals surface area contributed by atoms with Crippen molar-refractivity contribution in [2.45, 2.75) is 26.8 Å². The number of nitrogens with zero attached hydrogens (tertiary/aromatic N) is 2. The van der Waals surface area contributed by atoms with Crippen molar-refractivity contribution >= 4 is 5.91 Å². The Hall–Kier alpha value is -1.39. The molecule has 4 heteroatoms. The summed E-state index contributed by atoms with van der Waals surface area (Å²) in [5.74, 6) is 0.682. The summed E-state index contributed by atoms with van der Waals surface area (Å²) in [5, 5.41) is 0. The number of carbonyl (C=O) groups excluding carboxylic acids is 1. The molecule has 0 aliphatic heterocycles. The first-order valence-electron chi connectivity index (χ1n) is 7.62. The van der Waals surface area contributed by atoms with Crippen molar-refractivity contribution in [2.24, 2.45) is 11.7 Å². The van der Waals surface area contributed by atoms with Crippen molar-refractivity contribution in [3.63, 3.8) is 0 Å². The van der Waals surface area contributed by atoms with E-state index in [0.717, 1.165) is 30.8 Å². The van der Waals surface area contributed by atoms with Crippen LogP contribution in [0.15, 0.2) is 24.3 Å². The maximum atomic E-state index is 12.5. The lowest BCUT2D eigenvalue weighted by molar-refractivity contribution is -0.131. The molecule has 0 heterocycles. The lowest BCUT2D eigenvalue weighted by Crippen LogP contribution is -2.39. The quantitative estimate of drug-likeness (QED) is 0.793. The third-order valence-electron chi connectivity index (χ3n) is 3.37. The molecule has 0 saturated heterocycles. The largest absolute Gasteiger partial charge is 0.341 e. The summed E-state index contributed by atoms with van der Waals surface area (Å²) in [6, 6.07) is 7.99. The first kappa shape index (κ1) is 17.7. The van der Waals surface area contributed by atoms with E-state index in [1.165, 1.54) is 0 Å². The lowest BCUT2D eigenvalue weighted by Gasteiger charge is -2.26. The van der Waals surface area contributed by atoms with Gasteiger partial charge in [-0.1, -0.05) is 38.1 Å². The van der Waals surface area contributed by atoms with Gasteiger partial charge in [-0.25, -0.2) is 0 Å². The van der Waals surface area contributed by atoms with Gasteiger partial charge in [0.05, 0.1) is 6.42 Å². The van der Waals surface area contributed by atoms with E-state index in [0.29, 0.717) is 18.9 Å². The Bertz CT molecular complexity index is 426. The minimum Gasteiger partial charge on any atom is -0.341 e. The van der Waals surface area contributed by atoms with Crippen molar-refractivity contribution in [2.75, 3.05) is 33.7 Å². The Morgan fingerprint density at radius 3 is 2.14 bits per heavy atom. The van der Waals surface area contributed by atoms with Crippen LogP contribution in [0, 0.1) is 5.92 Å². The van der Waals surface area contributed by atoms with Gasteiger partial charge in [-0.15, -0.1) is 0 Å². The molecular formula is C17H29N3O. The minimum absolute atomic E-state index is 0.200. The predicted octanol–water partition coefficient (Wildman–Crippen LogP) is 1.73. The number of amides is 1. The third-order valence-corrected chi connectivity index (χ3v) is 3.37. The Morgan fingerprint density at radius 1 is 1.10 bits per heavy atom. The normalized spacial score (nSPS) is 11.2. The molecule has 0 radical (unpaired) electrons. The minimum atomic E-state index is 0.200. The van der Waals surface area contributed by atoms with Crippen LogP contribution in [0.5, 0.6) is 0 Å². The summed E-state index contributed by atoms with van der Waals surface area (Å²) in [5.41, 5.74) is 7.74. The molecule has 1 aromatic rings. The molecule has 118 valence electrons. The van der Waals surface area contributed by atoms with Crippen molar-refractivity contribution in [3.05, 3.63) is 35.4 Å². The van der Waals surface area contributed by atoms with Gasteiger partial charge in [0.2, 0.25) is 5.91 Å². The first-order valence-corrected chi connectivity index (χ1v) is 7.62. The summed E-state index contributed by atoms with van der Waals surface area (Å²) in [4.78, 5) is 16.6. The van der Waals surface area contributed by atoms with Crippen LogP contribution in [0.1, 0.15) is 25.0 Å². The van der Waals surface area contributed by atoms with Crippen molar-refractivity contribution < 1.29 is 4.79 Å². The average Bonchev–Trinajstić information content (AvgIpc) is 2.43.